The molecule has 1 N–H and O–H groups in total. The molecule has 2 aromatic carbocycles. The molecule has 3 aromatic heterocycles. The van der Waals surface area contributed by atoms with Gasteiger partial charge in [0.15, 0.2) is 5.79 Å². The number of aryl methyl sites for hydroxylation is 1. The Hall–Kier alpha value is -4.21. The summed E-state index contributed by atoms with van der Waals surface area (Å²) >= 11 is 0. The van der Waals surface area contributed by atoms with E-state index in [-0.39, 0.29) is 6.10 Å². The van der Waals surface area contributed by atoms with Crippen LogP contribution in [0.25, 0.3) is 33.2 Å². The van der Waals surface area contributed by atoms with Crippen molar-refractivity contribution in [2.24, 2.45) is 7.05 Å². The number of fused-ring (bicyclic) bond motifs is 1. The van der Waals surface area contributed by atoms with Crippen LogP contribution < -0.4 is 10.1 Å². The molecule has 0 bridgehead atoms. The molecule has 4 heterocycles. The summed E-state index contributed by atoms with van der Waals surface area (Å²) in [7, 11) is 3.68. The van der Waals surface area contributed by atoms with E-state index >= 15 is 0 Å². The Morgan fingerprint density at radius 1 is 1.00 bits per heavy atom. The number of aromatic nitrogens is 5. The highest BCUT2D eigenvalue weighted by atomic mass is 16.7. The minimum absolute atomic E-state index is 0.0108. The smallest absolute Gasteiger partial charge is 0.163 e. The number of benzene rings is 2. The van der Waals surface area contributed by atoms with Crippen LogP contribution in [-0.4, -0.2) is 49.9 Å². The maximum Gasteiger partial charge on any atom is 0.163 e. The standard InChI is InChI=1S/C30H32N6O3/c1-19-31-15-27(35(19)4)21-8-9-26(28(11-21)37-5)34-29-12-23-10-20(6-7-22(23)13-32-29)24-14-33-36(16-24)17-25-18-38-30(2,3)39-25/h6-16,25H,17-18H2,1-5H3,(H,32,34). The van der Waals surface area contributed by atoms with E-state index < -0.39 is 5.79 Å². The van der Waals surface area contributed by atoms with Crippen molar-refractivity contribution < 1.29 is 14.2 Å². The van der Waals surface area contributed by atoms with E-state index in [4.69, 9.17) is 14.2 Å². The quantitative estimate of drug-likeness (QED) is 0.292. The van der Waals surface area contributed by atoms with Crippen LogP contribution in [0.1, 0.15) is 19.7 Å². The van der Waals surface area contributed by atoms with E-state index in [0.717, 1.165) is 56.2 Å². The van der Waals surface area contributed by atoms with E-state index in [1.54, 1.807) is 7.11 Å². The van der Waals surface area contributed by atoms with Gasteiger partial charge in [0, 0.05) is 36.0 Å². The second-order valence-corrected chi connectivity index (χ2v) is 10.3. The van der Waals surface area contributed by atoms with Crippen LogP contribution in [-0.2, 0) is 23.1 Å². The molecule has 0 amide bonds. The second-order valence-electron chi connectivity index (χ2n) is 10.3. The van der Waals surface area contributed by atoms with Crippen LogP contribution >= 0.6 is 0 Å². The number of rotatable bonds is 7. The number of hydrogen-bond acceptors (Lipinski definition) is 7. The fraction of sp³-hybridized carbons (Fsp3) is 0.300. The number of pyridine rings is 1. The van der Waals surface area contributed by atoms with Gasteiger partial charge < -0.3 is 24.1 Å². The van der Waals surface area contributed by atoms with Gasteiger partial charge in [0.05, 0.1) is 44.0 Å². The summed E-state index contributed by atoms with van der Waals surface area (Å²) in [6.45, 7) is 7.07. The average Bonchev–Trinajstić information content (AvgIpc) is 3.63. The topological polar surface area (TPSA) is 88.2 Å². The SMILES string of the molecule is COc1cc(-c2cnc(C)n2C)ccc1Nc1cc2cc(-c3cnn(CC4COC(C)(C)O4)c3)ccc2cn1. The van der Waals surface area contributed by atoms with Crippen LogP contribution in [0.4, 0.5) is 11.5 Å². The summed E-state index contributed by atoms with van der Waals surface area (Å²) in [4.78, 5) is 9.03. The first kappa shape index (κ1) is 25.1. The molecule has 0 spiro atoms. The number of nitrogens with one attached hydrogen (secondary N) is 1. The third-order valence-corrected chi connectivity index (χ3v) is 7.13. The van der Waals surface area contributed by atoms with Crippen LogP contribution in [0.2, 0.25) is 0 Å². The van der Waals surface area contributed by atoms with Crippen molar-refractivity contribution in [1.82, 2.24) is 24.3 Å². The molecule has 1 fully saturated rings. The van der Waals surface area contributed by atoms with Gasteiger partial charge in [0.25, 0.3) is 0 Å². The van der Waals surface area contributed by atoms with Crippen molar-refractivity contribution >= 4 is 22.3 Å². The van der Waals surface area contributed by atoms with Gasteiger partial charge in [0.2, 0.25) is 0 Å². The number of methoxy groups -OCH3 is 1. The van der Waals surface area contributed by atoms with Gasteiger partial charge in [-0.05, 0) is 56.0 Å². The van der Waals surface area contributed by atoms with Crippen molar-refractivity contribution in [1.29, 1.82) is 0 Å². The van der Waals surface area contributed by atoms with E-state index in [1.807, 2.05) is 75.5 Å². The van der Waals surface area contributed by atoms with Gasteiger partial charge in [-0.15, -0.1) is 0 Å². The molecule has 1 saturated heterocycles. The highest BCUT2D eigenvalue weighted by Gasteiger charge is 2.32. The van der Waals surface area contributed by atoms with Gasteiger partial charge in [-0.3, -0.25) is 4.68 Å². The Morgan fingerprint density at radius 2 is 1.85 bits per heavy atom. The highest BCUT2D eigenvalue weighted by Crippen LogP contribution is 2.33. The Kier molecular flexibility index (Phi) is 6.32. The lowest BCUT2D eigenvalue weighted by molar-refractivity contribution is -0.139. The highest BCUT2D eigenvalue weighted by molar-refractivity contribution is 5.89. The van der Waals surface area contributed by atoms with Gasteiger partial charge in [-0.1, -0.05) is 18.2 Å². The van der Waals surface area contributed by atoms with Crippen molar-refractivity contribution in [3.05, 3.63) is 73.1 Å². The second kappa shape index (κ2) is 9.83. The van der Waals surface area contributed by atoms with E-state index in [2.05, 4.69) is 49.2 Å². The minimum Gasteiger partial charge on any atom is -0.495 e. The molecule has 0 saturated carbocycles. The monoisotopic (exact) mass is 524 g/mol. The molecule has 1 aliphatic heterocycles. The van der Waals surface area contributed by atoms with Crippen LogP contribution in [0.15, 0.2) is 67.3 Å². The predicted molar refractivity (Wildman–Crippen MR) is 151 cm³/mol. The molecule has 1 aliphatic rings. The van der Waals surface area contributed by atoms with Gasteiger partial charge >= 0.3 is 0 Å². The average molecular weight is 525 g/mol. The zero-order valence-corrected chi connectivity index (χ0v) is 22.8. The van der Waals surface area contributed by atoms with Crippen molar-refractivity contribution in [2.75, 3.05) is 19.0 Å². The summed E-state index contributed by atoms with van der Waals surface area (Å²) < 4.78 is 21.3. The molecule has 0 radical (unpaired) electrons. The summed E-state index contributed by atoms with van der Waals surface area (Å²) in [5.74, 6) is 1.89. The lowest BCUT2D eigenvalue weighted by atomic mass is 10.0. The van der Waals surface area contributed by atoms with E-state index in [1.165, 1.54) is 0 Å². The fourth-order valence-corrected chi connectivity index (χ4v) is 4.93. The summed E-state index contributed by atoms with van der Waals surface area (Å²) in [6.07, 6.45) is 7.68. The third kappa shape index (κ3) is 5.10. The maximum atomic E-state index is 5.93. The largest absolute Gasteiger partial charge is 0.495 e. The predicted octanol–water partition coefficient (Wildman–Crippen LogP) is 5.71. The van der Waals surface area contributed by atoms with Crippen molar-refractivity contribution in [3.63, 3.8) is 0 Å². The number of imidazole rings is 1. The number of nitrogens with zero attached hydrogens (tertiary/aromatic N) is 5. The molecular formula is C30H32N6O3. The summed E-state index contributed by atoms with van der Waals surface area (Å²) in [5, 5.41) is 10.1. The lowest BCUT2D eigenvalue weighted by Gasteiger charge is -2.16. The lowest BCUT2D eigenvalue weighted by Crippen LogP contribution is -2.24. The van der Waals surface area contributed by atoms with Gasteiger partial charge in [-0.25, -0.2) is 9.97 Å². The third-order valence-electron chi connectivity index (χ3n) is 7.13. The first-order chi connectivity index (χ1) is 18.8. The minimum atomic E-state index is -0.539. The maximum absolute atomic E-state index is 5.93. The Bertz CT molecular complexity index is 1650. The first-order valence-electron chi connectivity index (χ1n) is 13.0. The van der Waals surface area contributed by atoms with E-state index in [9.17, 15) is 0 Å². The van der Waals surface area contributed by atoms with Crippen LogP contribution in [0.5, 0.6) is 5.75 Å². The molecule has 1 atom stereocenters. The van der Waals surface area contributed by atoms with Crippen molar-refractivity contribution in [3.8, 4) is 28.1 Å². The molecule has 0 aliphatic carbocycles. The number of hydrogen-bond donors (Lipinski definition) is 1. The fourth-order valence-electron chi connectivity index (χ4n) is 4.93. The Labute approximate surface area is 227 Å². The molecule has 1 unspecified atom stereocenters. The van der Waals surface area contributed by atoms with Crippen molar-refractivity contribution in [2.45, 2.75) is 39.2 Å². The molecule has 39 heavy (non-hydrogen) atoms. The summed E-state index contributed by atoms with van der Waals surface area (Å²) in [6, 6.07) is 14.5. The molecule has 9 heteroatoms. The zero-order chi connectivity index (χ0) is 27.1. The first-order valence-corrected chi connectivity index (χ1v) is 13.0. The molecule has 200 valence electrons. The molecule has 9 nitrogen and oxygen atoms in total. The summed E-state index contributed by atoms with van der Waals surface area (Å²) in [5.41, 5.74) is 5.04. The zero-order valence-electron chi connectivity index (χ0n) is 22.8. The van der Waals surface area contributed by atoms with Gasteiger partial charge in [-0.2, -0.15) is 5.10 Å². The molecular weight excluding hydrogens is 492 g/mol. The van der Waals surface area contributed by atoms with Gasteiger partial charge in [0.1, 0.15) is 23.5 Å². The van der Waals surface area contributed by atoms with Crippen LogP contribution in [0, 0.1) is 6.92 Å². The van der Waals surface area contributed by atoms with E-state index in [0.29, 0.717) is 13.2 Å². The molecule has 6 rings (SSSR count). The Morgan fingerprint density at radius 3 is 2.59 bits per heavy atom. The number of anilines is 2. The Balaban J connectivity index is 1.22. The normalized spacial score (nSPS) is 16.6. The molecule has 5 aromatic rings. The number of ether oxygens (including phenoxy) is 3. The van der Waals surface area contributed by atoms with Crippen LogP contribution in [0.3, 0.4) is 0 Å².